The van der Waals surface area contributed by atoms with Gasteiger partial charge < -0.3 is 15.3 Å². The first-order valence-electron chi connectivity index (χ1n) is 7.71. The lowest BCUT2D eigenvalue weighted by molar-refractivity contribution is -0.121. The number of aromatic hydroxyl groups is 1. The average molecular weight is 387 g/mol. The molecule has 2 amide bonds. The maximum atomic E-state index is 12.7. The summed E-state index contributed by atoms with van der Waals surface area (Å²) in [6.07, 6.45) is -0.152. The second kappa shape index (κ2) is 7.12. The molecule has 1 heterocycles. The summed E-state index contributed by atoms with van der Waals surface area (Å²) in [5, 5.41) is 27.1. The van der Waals surface area contributed by atoms with Gasteiger partial charge in [-0.15, -0.1) is 11.8 Å². The number of benzene rings is 2. The molecule has 0 saturated carbocycles. The normalized spacial score (nSPS) is 16.6. The summed E-state index contributed by atoms with van der Waals surface area (Å²) in [6, 6.07) is 9.57. The molecule has 1 fully saturated rings. The first-order chi connectivity index (χ1) is 12.8. The van der Waals surface area contributed by atoms with Crippen molar-refractivity contribution in [3.05, 3.63) is 53.6 Å². The van der Waals surface area contributed by atoms with E-state index < -0.39 is 40.3 Å². The van der Waals surface area contributed by atoms with Gasteiger partial charge in [-0.05, 0) is 30.3 Å². The van der Waals surface area contributed by atoms with Crippen molar-refractivity contribution in [1.29, 1.82) is 0 Å². The number of aromatic carboxylic acids is 2. The van der Waals surface area contributed by atoms with Gasteiger partial charge >= 0.3 is 11.9 Å². The van der Waals surface area contributed by atoms with Crippen LogP contribution in [0, 0.1) is 0 Å². The number of amides is 2. The van der Waals surface area contributed by atoms with Crippen molar-refractivity contribution < 1.29 is 34.5 Å². The highest BCUT2D eigenvalue weighted by Crippen LogP contribution is 2.36. The number of imide groups is 1. The van der Waals surface area contributed by atoms with Crippen LogP contribution in [-0.2, 0) is 9.59 Å². The Hall–Kier alpha value is -3.33. The van der Waals surface area contributed by atoms with Crippen LogP contribution >= 0.6 is 11.8 Å². The summed E-state index contributed by atoms with van der Waals surface area (Å²) >= 11 is 0.972. The smallest absolute Gasteiger partial charge is 0.339 e. The molecule has 1 saturated heterocycles. The van der Waals surface area contributed by atoms with Crippen LogP contribution in [0.3, 0.4) is 0 Å². The second-order valence-electron chi connectivity index (χ2n) is 5.69. The van der Waals surface area contributed by atoms with Crippen molar-refractivity contribution >= 4 is 41.2 Å². The van der Waals surface area contributed by atoms with Crippen molar-refractivity contribution in [2.45, 2.75) is 16.6 Å². The summed E-state index contributed by atoms with van der Waals surface area (Å²) in [7, 11) is 0. The number of carboxylic acid groups (broad SMARTS) is 2. The second-order valence-corrected chi connectivity index (χ2v) is 6.93. The molecule has 138 valence electrons. The SMILES string of the molecule is O=C(O)c1cc(N2C(=O)CC(Sc3ccccc3C(=O)O)C2=O)ccc1O. The largest absolute Gasteiger partial charge is 0.507 e. The Morgan fingerprint density at radius 3 is 2.33 bits per heavy atom. The Morgan fingerprint density at radius 1 is 1.00 bits per heavy atom. The minimum absolute atomic E-state index is 0.0268. The highest BCUT2D eigenvalue weighted by atomic mass is 32.2. The minimum atomic E-state index is -1.39. The molecule has 27 heavy (non-hydrogen) atoms. The van der Waals surface area contributed by atoms with E-state index in [9.17, 15) is 29.4 Å². The van der Waals surface area contributed by atoms with Crippen LogP contribution in [0.5, 0.6) is 5.75 Å². The summed E-state index contributed by atoms with van der Waals surface area (Å²) < 4.78 is 0. The van der Waals surface area contributed by atoms with Crippen molar-refractivity contribution in [3.8, 4) is 5.75 Å². The lowest BCUT2D eigenvalue weighted by Crippen LogP contribution is -2.31. The zero-order chi connectivity index (χ0) is 19.7. The zero-order valence-electron chi connectivity index (χ0n) is 13.7. The summed E-state index contributed by atoms with van der Waals surface area (Å²) in [6.45, 7) is 0. The van der Waals surface area contributed by atoms with E-state index in [1.54, 1.807) is 18.2 Å². The molecule has 1 aliphatic rings. The van der Waals surface area contributed by atoms with Crippen LogP contribution < -0.4 is 4.90 Å². The van der Waals surface area contributed by atoms with Crippen molar-refractivity contribution in [3.63, 3.8) is 0 Å². The van der Waals surface area contributed by atoms with Crippen LogP contribution in [0.15, 0.2) is 47.4 Å². The third kappa shape index (κ3) is 3.49. The van der Waals surface area contributed by atoms with E-state index in [2.05, 4.69) is 0 Å². The standard InChI is InChI=1S/C18H13NO7S/c20-12-6-5-9(7-11(12)18(25)26)19-15(21)8-14(16(19)22)27-13-4-2-1-3-10(13)17(23)24/h1-7,14,20H,8H2,(H,23,24)(H,25,26). The Bertz CT molecular complexity index is 972. The first-order valence-corrected chi connectivity index (χ1v) is 8.59. The van der Waals surface area contributed by atoms with E-state index in [1.165, 1.54) is 12.1 Å². The molecular formula is C18H13NO7S. The molecule has 0 bridgehead atoms. The van der Waals surface area contributed by atoms with Gasteiger partial charge in [0.05, 0.1) is 16.5 Å². The van der Waals surface area contributed by atoms with Gasteiger partial charge in [0.25, 0.3) is 0 Å². The fraction of sp³-hybridized carbons (Fsp3) is 0.111. The summed E-state index contributed by atoms with van der Waals surface area (Å²) in [5.41, 5.74) is -0.366. The Labute approximate surface area is 157 Å². The fourth-order valence-electron chi connectivity index (χ4n) is 2.70. The van der Waals surface area contributed by atoms with Gasteiger partial charge in [0.15, 0.2) is 0 Å². The molecule has 1 unspecified atom stereocenters. The molecule has 3 rings (SSSR count). The number of phenols is 1. The van der Waals surface area contributed by atoms with Crippen molar-refractivity contribution in [2.24, 2.45) is 0 Å². The molecule has 1 atom stereocenters. The fourth-order valence-corrected chi connectivity index (χ4v) is 3.88. The monoisotopic (exact) mass is 387 g/mol. The molecule has 0 aliphatic carbocycles. The van der Waals surface area contributed by atoms with Gasteiger partial charge in [-0.3, -0.25) is 9.59 Å². The Balaban J connectivity index is 1.89. The molecule has 2 aromatic carbocycles. The number of nitrogens with zero attached hydrogens (tertiary/aromatic N) is 1. The number of hydrogen-bond acceptors (Lipinski definition) is 6. The molecule has 0 spiro atoms. The number of carbonyl (C=O) groups excluding carboxylic acids is 2. The lowest BCUT2D eigenvalue weighted by Gasteiger charge is -2.16. The molecule has 3 N–H and O–H groups in total. The van der Waals surface area contributed by atoms with Crippen LogP contribution in [-0.4, -0.2) is 44.3 Å². The van der Waals surface area contributed by atoms with E-state index in [1.807, 2.05) is 0 Å². The van der Waals surface area contributed by atoms with Gasteiger partial charge in [0, 0.05) is 11.3 Å². The number of carbonyl (C=O) groups is 4. The zero-order valence-corrected chi connectivity index (χ0v) is 14.5. The van der Waals surface area contributed by atoms with Gasteiger partial charge in [0.1, 0.15) is 11.3 Å². The molecule has 9 heteroatoms. The third-order valence-electron chi connectivity index (χ3n) is 3.96. The molecule has 2 aromatic rings. The molecule has 0 radical (unpaired) electrons. The number of thioether (sulfide) groups is 1. The Morgan fingerprint density at radius 2 is 1.67 bits per heavy atom. The summed E-state index contributed by atoms with van der Waals surface area (Å²) in [4.78, 5) is 48.7. The highest BCUT2D eigenvalue weighted by Gasteiger charge is 2.41. The van der Waals surface area contributed by atoms with E-state index in [0.717, 1.165) is 28.8 Å². The quantitative estimate of drug-likeness (QED) is 0.665. The van der Waals surface area contributed by atoms with Gasteiger partial charge in [-0.1, -0.05) is 12.1 Å². The topological polar surface area (TPSA) is 132 Å². The van der Waals surface area contributed by atoms with Crippen LogP contribution in [0.2, 0.25) is 0 Å². The lowest BCUT2D eigenvalue weighted by atomic mass is 10.1. The number of hydrogen-bond donors (Lipinski definition) is 3. The van der Waals surface area contributed by atoms with Gasteiger partial charge in [0.2, 0.25) is 11.8 Å². The first kappa shape index (κ1) is 18.5. The molecule has 8 nitrogen and oxygen atoms in total. The van der Waals surface area contributed by atoms with E-state index in [4.69, 9.17) is 5.11 Å². The minimum Gasteiger partial charge on any atom is -0.507 e. The highest BCUT2D eigenvalue weighted by molar-refractivity contribution is 8.00. The predicted octanol–water partition coefficient (Wildman–Crippen LogP) is 2.21. The number of anilines is 1. The van der Waals surface area contributed by atoms with E-state index in [-0.39, 0.29) is 17.7 Å². The van der Waals surface area contributed by atoms with Crippen LogP contribution in [0.1, 0.15) is 27.1 Å². The number of carboxylic acids is 2. The van der Waals surface area contributed by atoms with Crippen molar-refractivity contribution in [1.82, 2.24) is 0 Å². The van der Waals surface area contributed by atoms with Crippen LogP contribution in [0.4, 0.5) is 5.69 Å². The molecule has 1 aliphatic heterocycles. The number of rotatable bonds is 5. The maximum Gasteiger partial charge on any atom is 0.339 e. The molecular weight excluding hydrogens is 374 g/mol. The van der Waals surface area contributed by atoms with E-state index in [0.29, 0.717) is 4.90 Å². The predicted molar refractivity (Wildman–Crippen MR) is 95.2 cm³/mol. The van der Waals surface area contributed by atoms with Gasteiger partial charge in [-0.2, -0.15) is 0 Å². The van der Waals surface area contributed by atoms with Crippen LogP contribution in [0.25, 0.3) is 0 Å². The summed E-state index contributed by atoms with van der Waals surface area (Å²) in [5.74, 6) is -4.13. The molecule has 0 aromatic heterocycles. The average Bonchev–Trinajstić information content (AvgIpc) is 2.89. The maximum absolute atomic E-state index is 12.7. The Kier molecular flexibility index (Phi) is 4.87. The third-order valence-corrected chi connectivity index (χ3v) is 5.22. The van der Waals surface area contributed by atoms with Gasteiger partial charge in [-0.25, -0.2) is 14.5 Å². The van der Waals surface area contributed by atoms with E-state index >= 15 is 0 Å². The van der Waals surface area contributed by atoms with Crippen molar-refractivity contribution in [2.75, 3.05) is 4.90 Å².